The second kappa shape index (κ2) is 10.5. The molecule has 2 saturated carbocycles. The van der Waals surface area contributed by atoms with E-state index in [-0.39, 0.29) is 0 Å². The zero-order chi connectivity index (χ0) is 18.2. The lowest BCUT2D eigenvalue weighted by Crippen LogP contribution is -2.62. The first-order valence-electron chi connectivity index (χ1n) is 10.4. The summed E-state index contributed by atoms with van der Waals surface area (Å²) in [4.78, 5) is 0. The Hall–Kier alpha value is 0.234. The van der Waals surface area contributed by atoms with E-state index < -0.39 is 17.6 Å². The number of hydrogen-bond acceptors (Lipinski definition) is 5. The lowest BCUT2D eigenvalue weighted by atomic mass is 10.4. The highest BCUT2D eigenvalue weighted by Crippen LogP contribution is 2.46. The molecule has 7 heteroatoms. The zero-order valence-corrected chi connectivity index (χ0v) is 18.7. The van der Waals surface area contributed by atoms with Crippen LogP contribution in [0.25, 0.3) is 0 Å². The molecule has 0 spiro atoms. The van der Waals surface area contributed by atoms with E-state index in [0.29, 0.717) is 37.5 Å². The Morgan fingerprint density at radius 2 is 0.840 bits per heavy atom. The van der Waals surface area contributed by atoms with Crippen LogP contribution in [0, 0.1) is 0 Å². The second-order valence-electron chi connectivity index (χ2n) is 7.00. The molecule has 0 radical (unpaired) electrons. The molecule has 2 rings (SSSR count). The van der Waals surface area contributed by atoms with Crippen molar-refractivity contribution >= 4 is 17.6 Å². The fourth-order valence-corrected chi connectivity index (χ4v) is 13.2. The van der Waals surface area contributed by atoms with Crippen LogP contribution in [0.1, 0.15) is 79.1 Å². The standard InChI is InChI=1S/C18H38O5Si2/c1-5-19-24(20-6-2,17-13-9-10-14-17)23-25(21-7-3,22-8-4)18-15-11-12-16-18/h17-18H,5-16H2,1-4H3. The molecule has 0 amide bonds. The topological polar surface area (TPSA) is 46.2 Å². The highest BCUT2D eigenvalue weighted by atomic mass is 28.5. The lowest BCUT2D eigenvalue weighted by molar-refractivity contribution is 0.0373. The van der Waals surface area contributed by atoms with Crippen LogP contribution in [0.2, 0.25) is 11.1 Å². The highest BCUT2D eigenvalue weighted by molar-refractivity contribution is 6.76. The second-order valence-corrected chi connectivity index (χ2v) is 13.0. The van der Waals surface area contributed by atoms with E-state index >= 15 is 0 Å². The predicted molar refractivity (Wildman–Crippen MR) is 104 cm³/mol. The first-order chi connectivity index (χ1) is 12.2. The average Bonchev–Trinajstić information content (AvgIpc) is 3.30. The van der Waals surface area contributed by atoms with Crippen molar-refractivity contribution in [1.29, 1.82) is 0 Å². The Morgan fingerprint density at radius 3 is 1.08 bits per heavy atom. The maximum absolute atomic E-state index is 6.94. The summed E-state index contributed by atoms with van der Waals surface area (Å²) in [5.41, 5.74) is 0.781. The van der Waals surface area contributed by atoms with Crippen LogP contribution >= 0.6 is 0 Å². The van der Waals surface area contributed by atoms with Gasteiger partial charge in [0.05, 0.1) is 0 Å². The van der Waals surface area contributed by atoms with Gasteiger partial charge in [0.15, 0.2) is 0 Å². The maximum atomic E-state index is 6.94. The van der Waals surface area contributed by atoms with Crippen molar-refractivity contribution in [1.82, 2.24) is 0 Å². The van der Waals surface area contributed by atoms with Gasteiger partial charge in [0.25, 0.3) is 0 Å². The molecule has 0 aliphatic heterocycles. The van der Waals surface area contributed by atoms with E-state index in [4.69, 9.17) is 21.8 Å². The molecule has 0 unspecified atom stereocenters. The molecule has 0 saturated heterocycles. The first-order valence-corrected chi connectivity index (χ1v) is 14.0. The summed E-state index contributed by atoms with van der Waals surface area (Å²) in [5, 5.41) is 0. The van der Waals surface area contributed by atoms with Crippen LogP contribution in [-0.4, -0.2) is 44.0 Å². The Kier molecular flexibility index (Phi) is 9.08. The van der Waals surface area contributed by atoms with Crippen LogP contribution in [-0.2, 0) is 21.8 Å². The molecule has 0 bridgehead atoms. The van der Waals surface area contributed by atoms with Crippen molar-refractivity contribution in [3.63, 3.8) is 0 Å². The van der Waals surface area contributed by atoms with Gasteiger partial charge >= 0.3 is 17.6 Å². The van der Waals surface area contributed by atoms with Gasteiger partial charge in [-0.3, -0.25) is 0 Å². The van der Waals surface area contributed by atoms with E-state index in [2.05, 4.69) is 0 Å². The Labute approximate surface area is 156 Å². The monoisotopic (exact) mass is 390 g/mol. The molecule has 148 valence electrons. The smallest absolute Gasteiger partial charge is 0.374 e. The maximum Gasteiger partial charge on any atom is 0.496 e. The van der Waals surface area contributed by atoms with Crippen molar-refractivity contribution in [2.24, 2.45) is 0 Å². The lowest BCUT2D eigenvalue weighted by Gasteiger charge is -2.42. The summed E-state index contributed by atoms with van der Waals surface area (Å²) < 4.78 is 32.3. The van der Waals surface area contributed by atoms with Crippen LogP contribution in [0.3, 0.4) is 0 Å². The SMILES string of the molecule is CCO[Si](OCC)(O[Si](OCC)(OCC)C1CCCC1)C1CCCC1. The van der Waals surface area contributed by atoms with Crippen molar-refractivity contribution in [2.75, 3.05) is 26.4 Å². The molecule has 2 fully saturated rings. The predicted octanol–water partition coefficient (Wildman–Crippen LogP) is 4.92. The van der Waals surface area contributed by atoms with Gasteiger partial charge < -0.3 is 21.8 Å². The third-order valence-electron chi connectivity index (χ3n) is 5.38. The Balaban J connectivity index is 2.33. The molecule has 0 aromatic heterocycles. The molecular formula is C18H38O5Si2. The first kappa shape index (κ1) is 21.5. The van der Waals surface area contributed by atoms with E-state index in [1.165, 1.54) is 25.7 Å². The van der Waals surface area contributed by atoms with Gasteiger partial charge in [0, 0.05) is 37.5 Å². The van der Waals surface area contributed by atoms with Gasteiger partial charge in [-0.2, -0.15) is 0 Å². The van der Waals surface area contributed by atoms with Gasteiger partial charge in [-0.1, -0.05) is 25.7 Å². The highest BCUT2D eigenvalue weighted by Gasteiger charge is 2.61. The van der Waals surface area contributed by atoms with Gasteiger partial charge in [-0.05, 0) is 53.4 Å². The molecule has 0 N–H and O–H groups in total. The summed E-state index contributed by atoms with van der Waals surface area (Å²) in [7, 11) is -5.66. The minimum Gasteiger partial charge on any atom is -0.374 e. The van der Waals surface area contributed by atoms with Crippen molar-refractivity contribution in [3.8, 4) is 0 Å². The minimum atomic E-state index is -2.83. The van der Waals surface area contributed by atoms with Gasteiger partial charge in [-0.25, -0.2) is 0 Å². The summed E-state index contributed by atoms with van der Waals surface area (Å²) >= 11 is 0. The molecule has 0 aromatic rings. The third kappa shape index (κ3) is 5.15. The van der Waals surface area contributed by atoms with Crippen LogP contribution in [0.4, 0.5) is 0 Å². The van der Waals surface area contributed by atoms with E-state index in [1.807, 2.05) is 27.7 Å². The number of rotatable bonds is 12. The van der Waals surface area contributed by atoms with E-state index in [1.54, 1.807) is 0 Å². The van der Waals surface area contributed by atoms with Crippen LogP contribution in [0.5, 0.6) is 0 Å². The molecular weight excluding hydrogens is 352 g/mol. The Morgan fingerprint density at radius 1 is 0.560 bits per heavy atom. The Bertz CT molecular complexity index is 324. The summed E-state index contributed by atoms with van der Waals surface area (Å²) in [6.07, 6.45) is 9.52. The van der Waals surface area contributed by atoms with Crippen molar-refractivity contribution in [2.45, 2.75) is 90.1 Å². The van der Waals surface area contributed by atoms with Gasteiger partial charge in [-0.15, -0.1) is 0 Å². The third-order valence-corrected chi connectivity index (χ3v) is 13.6. The fourth-order valence-electron chi connectivity index (χ4n) is 4.40. The molecule has 2 aliphatic rings. The van der Waals surface area contributed by atoms with Gasteiger partial charge in [0.2, 0.25) is 0 Å². The van der Waals surface area contributed by atoms with Crippen LogP contribution in [0.15, 0.2) is 0 Å². The molecule has 5 nitrogen and oxygen atoms in total. The van der Waals surface area contributed by atoms with Gasteiger partial charge in [0.1, 0.15) is 0 Å². The summed E-state index contributed by atoms with van der Waals surface area (Å²) in [6.45, 7) is 10.6. The average molecular weight is 391 g/mol. The zero-order valence-electron chi connectivity index (χ0n) is 16.7. The molecule has 0 atom stereocenters. The van der Waals surface area contributed by atoms with Crippen LogP contribution < -0.4 is 0 Å². The quantitative estimate of drug-likeness (QED) is 0.443. The van der Waals surface area contributed by atoms with E-state index in [9.17, 15) is 0 Å². The summed E-state index contributed by atoms with van der Waals surface area (Å²) in [5.74, 6) is 0. The van der Waals surface area contributed by atoms with Crippen molar-refractivity contribution < 1.29 is 21.8 Å². The molecule has 0 heterocycles. The molecule has 2 aliphatic carbocycles. The molecule has 25 heavy (non-hydrogen) atoms. The molecule has 0 aromatic carbocycles. The fraction of sp³-hybridized carbons (Fsp3) is 1.00. The largest absolute Gasteiger partial charge is 0.496 e. The van der Waals surface area contributed by atoms with Crippen molar-refractivity contribution in [3.05, 3.63) is 0 Å². The summed E-state index contributed by atoms with van der Waals surface area (Å²) in [6, 6.07) is 0. The normalized spacial score (nSPS) is 20.6. The minimum absolute atomic E-state index is 0.390. The van der Waals surface area contributed by atoms with E-state index in [0.717, 1.165) is 25.7 Å². The number of hydrogen-bond donors (Lipinski definition) is 0.